The third-order valence-corrected chi connectivity index (χ3v) is 2.45. The quantitative estimate of drug-likeness (QED) is 0.767. The molecule has 92 valence electrons. The van der Waals surface area contributed by atoms with Gasteiger partial charge < -0.3 is 4.98 Å². The molecule has 2 aromatic rings. The summed E-state index contributed by atoms with van der Waals surface area (Å²) in [6.45, 7) is 5.41. The Morgan fingerprint density at radius 1 is 1.24 bits per heavy atom. The second-order valence-corrected chi connectivity index (χ2v) is 3.61. The number of pyridine rings is 1. The summed E-state index contributed by atoms with van der Waals surface area (Å²) in [5.74, 6) is -1.52. The Hall–Kier alpha value is -1.42. The van der Waals surface area contributed by atoms with Crippen molar-refractivity contribution in [3.8, 4) is 0 Å². The van der Waals surface area contributed by atoms with Crippen molar-refractivity contribution in [1.82, 2.24) is 4.98 Å². The number of fused-ring (bicyclic) bond motifs is 1. The molecule has 5 heteroatoms. The lowest BCUT2D eigenvalue weighted by molar-refractivity contribution is 0.602. The molecule has 0 amide bonds. The van der Waals surface area contributed by atoms with Crippen LogP contribution in [0.25, 0.3) is 10.9 Å². The van der Waals surface area contributed by atoms with Crippen LogP contribution in [0.2, 0.25) is 5.02 Å². The van der Waals surface area contributed by atoms with Crippen molar-refractivity contribution in [2.75, 3.05) is 0 Å². The van der Waals surface area contributed by atoms with Gasteiger partial charge >= 0.3 is 0 Å². The molecule has 0 saturated heterocycles. The summed E-state index contributed by atoms with van der Waals surface area (Å²) in [6.07, 6.45) is 0. The van der Waals surface area contributed by atoms with Crippen LogP contribution in [0.1, 0.15) is 19.5 Å². The van der Waals surface area contributed by atoms with Crippen LogP contribution in [-0.4, -0.2) is 4.98 Å². The fourth-order valence-electron chi connectivity index (χ4n) is 1.38. The fraction of sp³-hybridized carbons (Fsp3) is 0.250. The van der Waals surface area contributed by atoms with Gasteiger partial charge in [0.25, 0.3) is 0 Å². The van der Waals surface area contributed by atoms with Crippen molar-refractivity contribution < 1.29 is 8.78 Å². The molecule has 1 heterocycles. The molecule has 0 bridgehead atoms. The fourth-order valence-corrected chi connectivity index (χ4v) is 1.55. The maximum Gasteiger partial charge on any atom is 0.225 e. The van der Waals surface area contributed by atoms with Gasteiger partial charge in [-0.2, -0.15) is 0 Å². The summed E-state index contributed by atoms with van der Waals surface area (Å²) < 4.78 is 26.3. The Morgan fingerprint density at radius 2 is 1.82 bits per heavy atom. The summed E-state index contributed by atoms with van der Waals surface area (Å²) in [4.78, 5) is 14.0. The molecule has 0 fully saturated rings. The van der Waals surface area contributed by atoms with Crippen molar-refractivity contribution in [3.05, 3.63) is 44.7 Å². The highest BCUT2D eigenvalue weighted by Gasteiger charge is 2.11. The first-order valence-corrected chi connectivity index (χ1v) is 5.55. The number of aromatic amines is 1. The van der Waals surface area contributed by atoms with Gasteiger partial charge in [-0.05, 0) is 19.1 Å². The molecule has 0 spiro atoms. The van der Waals surface area contributed by atoms with Gasteiger partial charge in [0, 0.05) is 0 Å². The number of rotatable bonds is 0. The van der Waals surface area contributed by atoms with E-state index in [1.165, 1.54) is 6.92 Å². The Bertz CT molecular complexity index is 602. The first-order chi connectivity index (χ1) is 8.00. The zero-order valence-corrected chi connectivity index (χ0v) is 10.5. The van der Waals surface area contributed by atoms with Crippen molar-refractivity contribution in [1.29, 1.82) is 0 Å². The van der Waals surface area contributed by atoms with E-state index in [-0.39, 0.29) is 21.6 Å². The smallest absolute Gasteiger partial charge is 0.225 e. The van der Waals surface area contributed by atoms with Crippen molar-refractivity contribution in [3.63, 3.8) is 0 Å². The van der Waals surface area contributed by atoms with E-state index in [9.17, 15) is 13.6 Å². The lowest BCUT2D eigenvalue weighted by Gasteiger charge is -2.02. The average molecular weight is 260 g/mol. The maximum atomic E-state index is 13.2. The zero-order valence-electron chi connectivity index (χ0n) is 9.70. The number of hydrogen-bond acceptors (Lipinski definition) is 1. The minimum Gasteiger partial charge on any atom is -0.356 e. The van der Waals surface area contributed by atoms with E-state index in [1.807, 2.05) is 13.8 Å². The predicted octanol–water partition coefficient (Wildman–Crippen LogP) is 3.79. The van der Waals surface area contributed by atoms with E-state index in [1.54, 1.807) is 0 Å². The number of aromatic nitrogens is 1. The largest absolute Gasteiger partial charge is 0.356 e. The normalized spacial score (nSPS) is 10.0. The molecule has 1 N–H and O–H groups in total. The minimum atomic E-state index is -0.870. The highest BCUT2D eigenvalue weighted by atomic mass is 35.5. The van der Waals surface area contributed by atoms with E-state index >= 15 is 0 Å². The number of aryl methyl sites for hydroxylation is 1. The first kappa shape index (κ1) is 13.6. The second kappa shape index (κ2) is 5.27. The summed E-state index contributed by atoms with van der Waals surface area (Å²) in [6, 6.07) is 2.19. The summed E-state index contributed by atoms with van der Waals surface area (Å²) >= 11 is 5.50. The minimum absolute atomic E-state index is 0.0458. The maximum absolute atomic E-state index is 13.2. The molecule has 0 aliphatic rings. The monoisotopic (exact) mass is 259 g/mol. The third-order valence-electron chi connectivity index (χ3n) is 2.16. The highest BCUT2D eigenvalue weighted by molar-refractivity contribution is 6.31. The zero-order chi connectivity index (χ0) is 13.2. The van der Waals surface area contributed by atoms with Crippen LogP contribution in [0.3, 0.4) is 0 Å². The number of halogens is 3. The van der Waals surface area contributed by atoms with E-state index in [2.05, 4.69) is 4.98 Å². The SMILES string of the molecule is CC.Cc1[nH]c2cc(F)c(Cl)cc2c(=O)c1F. The summed E-state index contributed by atoms with van der Waals surface area (Å²) in [7, 11) is 0. The Labute approximate surface area is 102 Å². The molecule has 0 radical (unpaired) electrons. The van der Waals surface area contributed by atoms with Gasteiger partial charge in [0.05, 0.1) is 21.6 Å². The van der Waals surface area contributed by atoms with Gasteiger partial charge in [-0.15, -0.1) is 0 Å². The van der Waals surface area contributed by atoms with E-state index < -0.39 is 17.1 Å². The molecule has 0 unspecified atom stereocenters. The molecule has 17 heavy (non-hydrogen) atoms. The molecule has 0 saturated carbocycles. The Kier molecular flexibility index (Phi) is 4.23. The average Bonchev–Trinajstić information content (AvgIpc) is 2.32. The van der Waals surface area contributed by atoms with Crippen LogP contribution in [0.5, 0.6) is 0 Å². The van der Waals surface area contributed by atoms with Gasteiger partial charge in [-0.25, -0.2) is 8.78 Å². The Morgan fingerprint density at radius 3 is 2.41 bits per heavy atom. The second-order valence-electron chi connectivity index (χ2n) is 3.21. The third kappa shape index (κ3) is 2.47. The predicted molar refractivity (Wildman–Crippen MR) is 65.6 cm³/mol. The van der Waals surface area contributed by atoms with Crippen LogP contribution in [0.4, 0.5) is 8.78 Å². The molecular formula is C12H12ClF2NO. The van der Waals surface area contributed by atoms with Crippen LogP contribution in [0.15, 0.2) is 16.9 Å². The topological polar surface area (TPSA) is 32.9 Å². The van der Waals surface area contributed by atoms with Crippen LogP contribution >= 0.6 is 11.6 Å². The first-order valence-electron chi connectivity index (χ1n) is 5.18. The number of nitrogens with one attached hydrogen (secondary N) is 1. The molecule has 1 aromatic heterocycles. The Balaban J connectivity index is 0.000000686. The lowest BCUT2D eigenvalue weighted by atomic mass is 10.2. The molecule has 2 nitrogen and oxygen atoms in total. The molecule has 0 aliphatic heterocycles. The van der Waals surface area contributed by atoms with Crippen LogP contribution in [0, 0.1) is 18.6 Å². The molecule has 0 aliphatic carbocycles. The van der Waals surface area contributed by atoms with Gasteiger partial charge in [0.15, 0.2) is 5.82 Å². The van der Waals surface area contributed by atoms with Crippen molar-refractivity contribution >= 4 is 22.5 Å². The number of hydrogen-bond donors (Lipinski definition) is 1. The van der Waals surface area contributed by atoms with Gasteiger partial charge in [0.1, 0.15) is 5.82 Å². The van der Waals surface area contributed by atoms with Gasteiger partial charge in [0.2, 0.25) is 5.43 Å². The molecule has 0 atom stereocenters. The number of H-pyrrole nitrogens is 1. The van der Waals surface area contributed by atoms with E-state index in [0.29, 0.717) is 0 Å². The molecule has 2 rings (SSSR count). The van der Waals surface area contributed by atoms with Gasteiger partial charge in [-0.3, -0.25) is 4.79 Å². The van der Waals surface area contributed by atoms with Crippen LogP contribution in [-0.2, 0) is 0 Å². The van der Waals surface area contributed by atoms with Crippen LogP contribution < -0.4 is 5.43 Å². The van der Waals surface area contributed by atoms with Crippen molar-refractivity contribution in [2.45, 2.75) is 20.8 Å². The number of benzene rings is 1. The van der Waals surface area contributed by atoms with E-state index in [4.69, 9.17) is 11.6 Å². The standard InChI is InChI=1S/C10H6ClF2NO.C2H6/c1-4-9(13)10(15)5-2-6(11)7(12)3-8(5)14-4;1-2/h2-3H,1H3,(H,14,15);1-2H3. The van der Waals surface area contributed by atoms with Gasteiger partial charge in [-0.1, -0.05) is 25.4 Å². The summed E-state index contributed by atoms with van der Waals surface area (Å²) in [5, 5.41) is -0.152. The molecule has 1 aromatic carbocycles. The lowest BCUT2D eigenvalue weighted by Crippen LogP contribution is -2.11. The molecular weight excluding hydrogens is 248 g/mol. The van der Waals surface area contributed by atoms with E-state index in [0.717, 1.165) is 12.1 Å². The highest BCUT2D eigenvalue weighted by Crippen LogP contribution is 2.20. The summed E-state index contributed by atoms with van der Waals surface area (Å²) in [5.41, 5.74) is -0.460. The van der Waals surface area contributed by atoms with Crippen molar-refractivity contribution in [2.24, 2.45) is 0 Å².